The van der Waals surface area contributed by atoms with Crippen LogP contribution >= 0.6 is 22.9 Å². The molecule has 0 aliphatic carbocycles. The van der Waals surface area contributed by atoms with Crippen LogP contribution < -0.4 is 10.1 Å². The van der Waals surface area contributed by atoms with E-state index in [1.807, 2.05) is 12.1 Å². The van der Waals surface area contributed by atoms with Crippen LogP contribution in [0.25, 0.3) is 10.4 Å². The molecular weight excluding hydrogens is 408 g/mol. The molecule has 10 heteroatoms. The molecule has 0 amide bonds. The highest BCUT2D eigenvalue weighted by Crippen LogP contribution is 2.48. The maximum Gasteiger partial charge on any atom is 0.234 e. The average Bonchev–Trinajstić information content (AvgIpc) is 3.08. The van der Waals surface area contributed by atoms with E-state index in [1.54, 1.807) is 26.6 Å². The fourth-order valence-electron chi connectivity index (χ4n) is 3.47. The number of nitrogens with zero attached hydrogens (tertiary/aromatic N) is 2. The highest BCUT2D eigenvalue weighted by molar-refractivity contribution is 7.90. The summed E-state index contributed by atoms with van der Waals surface area (Å²) in [5, 5.41) is 11.8. The third kappa shape index (κ3) is 3.07. The molecule has 4 rings (SSSR count). The molecule has 3 atom stereocenters. The quantitative estimate of drug-likeness (QED) is 0.732. The van der Waals surface area contributed by atoms with Crippen molar-refractivity contribution in [2.24, 2.45) is 0 Å². The lowest BCUT2D eigenvalue weighted by molar-refractivity contribution is 0.0442. The van der Waals surface area contributed by atoms with Crippen molar-refractivity contribution in [2.45, 2.75) is 17.2 Å². The minimum atomic E-state index is -1.38. The number of nitrogens with one attached hydrogen (secondary N) is 2. The van der Waals surface area contributed by atoms with Gasteiger partial charge in [0.2, 0.25) is 5.96 Å². The van der Waals surface area contributed by atoms with Crippen molar-refractivity contribution in [2.75, 3.05) is 27.4 Å². The van der Waals surface area contributed by atoms with Crippen LogP contribution in [-0.2, 0) is 21.6 Å². The standard InChI is InChI=1S/C17H19ClN4O3S2/c1-22-16(19)21-17(3-4-25-9-14(17)27(22)23)15-12(18)6-13(26-15)10-5-11(24-2)8-20-7-10/h5-8,14H,3-4,9H2,1-2H3,(H2,19,21). The van der Waals surface area contributed by atoms with Gasteiger partial charge in [0.15, 0.2) is 5.25 Å². The minimum Gasteiger partial charge on any atom is -0.592 e. The molecule has 2 aliphatic heterocycles. The lowest BCUT2D eigenvalue weighted by Gasteiger charge is -2.49. The molecule has 7 nitrogen and oxygen atoms in total. The van der Waals surface area contributed by atoms with Crippen molar-refractivity contribution in [1.29, 1.82) is 5.41 Å². The van der Waals surface area contributed by atoms with Crippen LogP contribution in [0.15, 0.2) is 24.5 Å². The number of guanidine groups is 1. The monoisotopic (exact) mass is 426 g/mol. The number of halogens is 1. The Labute approximate surface area is 169 Å². The van der Waals surface area contributed by atoms with Gasteiger partial charge in [-0.05, 0) is 12.1 Å². The summed E-state index contributed by atoms with van der Waals surface area (Å²) in [4.78, 5) is 6.03. The smallest absolute Gasteiger partial charge is 0.234 e. The summed E-state index contributed by atoms with van der Waals surface area (Å²) in [7, 11) is 3.25. The lowest BCUT2D eigenvalue weighted by atomic mass is 9.87. The largest absolute Gasteiger partial charge is 0.592 e. The second-order valence-electron chi connectivity index (χ2n) is 6.43. The van der Waals surface area contributed by atoms with Gasteiger partial charge in [-0.25, -0.2) is 0 Å². The first-order valence-corrected chi connectivity index (χ1v) is 10.7. The van der Waals surface area contributed by atoms with Crippen molar-refractivity contribution in [1.82, 2.24) is 14.6 Å². The predicted molar refractivity (Wildman–Crippen MR) is 107 cm³/mol. The van der Waals surface area contributed by atoms with E-state index in [0.717, 1.165) is 15.3 Å². The van der Waals surface area contributed by atoms with Gasteiger partial charge in [0.1, 0.15) is 11.3 Å². The number of rotatable bonds is 3. The second-order valence-corrected chi connectivity index (χ2v) is 9.56. The van der Waals surface area contributed by atoms with Gasteiger partial charge in [0.25, 0.3) is 0 Å². The van der Waals surface area contributed by atoms with Gasteiger partial charge in [-0.15, -0.1) is 11.3 Å². The summed E-state index contributed by atoms with van der Waals surface area (Å²) in [6.45, 7) is 0.865. The predicted octanol–water partition coefficient (Wildman–Crippen LogP) is 2.59. The number of hydrogen-bond acceptors (Lipinski definition) is 6. The third-order valence-corrected chi connectivity index (χ3v) is 8.47. The van der Waals surface area contributed by atoms with Crippen molar-refractivity contribution in [3.05, 3.63) is 34.4 Å². The van der Waals surface area contributed by atoms with Gasteiger partial charge in [-0.3, -0.25) is 10.4 Å². The van der Waals surface area contributed by atoms with E-state index in [-0.39, 0.29) is 11.2 Å². The van der Waals surface area contributed by atoms with Crippen LogP contribution in [0.2, 0.25) is 5.02 Å². The van der Waals surface area contributed by atoms with Crippen LogP contribution in [0, 0.1) is 5.41 Å². The van der Waals surface area contributed by atoms with E-state index < -0.39 is 16.9 Å². The molecule has 4 heterocycles. The van der Waals surface area contributed by atoms with Gasteiger partial charge in [-0.2, -0.15) is 4.31 Å². The molecule has 2 N–H and O–H groups in total. The van der Waals surface area contributed by atoms with Gasteiger partial charge in [0, 0.05) is 29.7 Å². The number of fused-ring (bicyclic) bond motifs is 1. The van der Waals surface area contributed by atoms with Crippen LogP contribution in [0.1, 0.15) is 11.3 Å². The molecule has 2 aromatic rings. The zero-order valence-corrected chi connectivity index (χ0v) is 17.2. The Morgan fingerprint density at radius 2 is 2.33 bits per heavy atom. The molecule has 144 valence electrons. The maximum atomic E-state index is 12.9. The number of ether oxygens (including phenoxy) is 2. The topological polar surface area (TPSA) is 93.5 Å². The van der Waals surface area contributed by atoms with E-state index in [0.29, 0.717) is 30.4 Å². The summed E-state index contributed by atoms with van der Waals surface area (Å²) in [6, 6.07) is 3.80. The molecule has 0 bridgehead atoms. The number of pyridine rings is 1. The zero-order chi connectivity index (χ0) is 19.2. The summed E-state index contributed by atoms with van der Waals surface area (Å²) in [6.07, 6.45) is 4.00. The van der Waals surface area contributed by atoms with Gasteiger partial charge in [-0.1, -0.05) is 11.6 Å². The number of hydrogen-bond donors (Lipinski definition) is 2. The molecule has 3 unspecified atom stereocenters. The van der Waals surface area contributed by atoms with Crippen molar-refractivity contribution < 1.29 is 14.0 Å². The Hall–Kier alpha value is -1.52. The molecular formula is C17H19ClN4O3S2. The molecule has 2 aliphatic rings. The van der Waals surface area contributed by atoms with Crippen LogP contribution in [0.5, 0.6) is 5.75 Å². The summed E-state index contributed by atoms with van der Waals surface area (Å²) < 4.78 is 25.2. The molecule has 0 spiro atoms. The van der Waals surface area contributed by atoms with Gasteiger partial charge >= 0.3 is 0 Å². The normalized spacial score (nSPS) is 27.9. The fraction of sp³-hybridized carbons (Fsp3) is 0.412. The van der Waals surface area contributed by atoms with Crippen LogP contribution in [-0.4, -0.2) is 52.4 Å². The van der Waals surface area contributed by atoms with Gasteiger partial charge in [0.05, 0.1) is 48.2 Å². The minimum absolute atomic E-state index is 0.126. The van der Waals surface area contributed by atoms with E-state index >= 15 is 0 Å². The molecule has 0 saturated carbocycles. The number of methoxy groups -OCH3 is 1. The molecule has 2 saturated heterocycles. The first kappa shape index (κ1) is 18.8. The van der Waals surface area contributed by atoms with E-state index in [4.69, 9.17) is 26.5 Å². The first-order chi connectivity index (χ1) is 13.0. The van der Waals surface area contributed by atoms with Crippen molar-refractivity contribution in [3.63, 3.8) is 0 Å². The van der Waals surface area contributed by atoms with E-state index in [1.165, 1.54) is 15.6 Å². The van der Waals surface area contributed by atoms with Crippen LogP contribution in [0.4, 0.5) is 0 Å². The van der Waals surface area contributed by atoms with Crippen molar-refractivity contribution in [3.8, 4) is 16.2 Å². The fourth-order valence-corrected chi connectivity index (χ4v) is 6.72. The highest BCUT2D eigenvalue weighted by atomic mass is 35.5. The zero-order valence-electron chi connectivity index (χ0n) is 14.8. The van der Waals surface area contributed by atoms with E-state index in [9.17, 15) is 4.55 Å². The Morgan fingerprint density at radius 3 is 3.11 bits per heavy atom. The Kier molecular flexibility index (Phi) is 4.98. The SMILES string of the molecule is COc1cncc(-c2cc(Cl)c(C34CCOCC3[S+]([O-])N(C)C(=N)N4)s2)c1. The Morgan fingerprint density at radius 1 is 1.52 bits per heavy atom. The molecule has 27 heavy (non-hydrogen) atoms. The van der Waals surface area contributed by atoms with Crippen LogP contribution in [0.3, 0.4) is 0 Å². The van der Waals surface area contributed by atoms with Crippen molar-refractivity contribution >= 4 is 40.3 Å². The first-order valence-electron chi connectivity index (χ1n) is 8.34. The lowest BCUT2D eigenvalue weighted by Crippen LogP contribution is -2.69. The third-order valence-electron chi connectivity index (χ3n) is 4.95. The second kappa shape index (κ2) is 7.14. The average molecular weight is 427 g/mol. The molecule has 0 aromatic carbocycles. The summed E-state index contributed by atoms with van der Waals surface area (Å²) in [5.74, 6) is 0.793. The van der Waals surface area contributed by atoms with Gasteiger partial charge < -0.3 is 19.3 Å². The number of aromatic nitrogens is 1. The Balaban J connectivity index is 1.79. The maximum absolute atomic E-state index is 12.9. The summed E-state index contributed by atoms with van der Waals surface area (Å²) >= 11 is 6.79. The summed E-state index contributed by atoms with van der Waals surface area (Å²) in [5.41, 5.74) is 0.218. The highest BCUT2D eigenvalue weighted by Gasteiger charge is 2.57. The molecule has 2 aromatic heterocycles. The Bertz CT molecular complexity index is 880. The number of thiophene rings is 1. The molecule has 0 radical (unpaired) electrons. The van der Waals surface area contributed by atoms with E-state index in [2.05, 4.69) is 10.3 Å². The molecule has 2 fully saturated rings.